The number of rotatable bonds is 9. The fourth-order valence-electron chi connectivity index (χ4n) is 2.79. The summed E-state index contributed by atoms with van der Waals surface area (Å²) < 4.78 is 22.1. The molecule has 29 heavy (non-hydrogen) atoms. The summed E-state index contributed by atoms with van der Waals surface area (Å²) in [6.45, 7) is 8.52. The number of ether oxygens (including phenoxy) is 4. The van der Waals surface area contributed by atoms with Gasteiger partial charge in [0, 0.05) is 25.2 Å². The Morgan fingerprint density at radius 3 is 2.31 bits per heavy atom. The number of benzene rings is 1. The van der Waals surface area contributed by atoms with Gasteiger partial charge < -0.3 is 23.8 Å². The number of amides is 1. The predicted octanol–water partition coefficient (Wildman–Crippen LogP) is 3.41. The molecule has 0 aromatic heterocycles. The highest BCUT2D eigenvalue weighted by molar-refractivity contribution is 5.68. The van der Waals surface area contributed by atoms with Crippen molar-refractivity contribution < 1.29 is 28.7 Å². The number of nitro benzene ring substituents is 1. The molecule has 1 fully saturated rings. The van der Waals surface area contributed by atoms with E-state index in [9.17, 15) is 14.9 Å². The largest absolute Gasteiger partial charge is 0.491 e. The van der Waals surface area contributed by atoms with Gasteiger partial charge in [-0.2, -0.15) is 0 Å². The van der Waals surface area contributed by atoms with Crippen molar-refractivity contribution in [1.82, 2.24) is 4.90 Å². The Bertz CT molecular complexity index is 650. The molecule has 162 valence electrons. The summed E-state index contributed by atoms with van der Waals surface area (Å²) in [6, 6.07) is 5.92. The third-order valence-electron chi connectivity index (χ3n) is 4.22. The van der Waals surface area contributed by atoms with Gasteiger partial charge in [-0.3, -0.25) is 10.1 Å². The lowest BCUT2D eigenvalue weighted by Crippen LogP contribution is -2.43. The smallest absolute Gasteiger partial charge is 0.410 e. The SMILES string of the molecule is CC(C)(C)OC(=O)N1CCC(OCCOCCOc2ccc([N+](=O)[O-])cc2)CC1. The molecule has 0 atom stereocenters. The van der Waals surface area contributed by atoms with E-state index in [0.717, 1.165) is 12.8 Å². The molecule has 0 spiro atoms. The first kappa shape index (κ1) is 22.9. The van der Waals surface area contributed by atoms with Gasteiger partial charge in [0.2, 0.25) is 0 Å². The van der Waals surface area contributed by atoms with Crippen LogP contribution in [0.25, 0.3) is 0 Å². The molecule has 1 aliphatic heterocycles. The number of non-ortho nitro benzene ring substituents is 1. The summed E-state index contributed by atoms with van der Waals surface area (Å²) in [7, 11) is 0. The van der Waals surface area contributed by atoms with E-state index in [2.05, 4.69) is 0 Å². The van der Waals surface area contributed by atoms with Crippen LogP contribution in [-0.2, 0) is 14.2 Å². The van der Waals surface area contributed by atoms with Crippen LogP contribution in [0.2, 0.25) is 0 Å². The average molecular weight is 410 g/mol. The predicted molar refractivity (Wildman–Crippen MR) is 106 cm³/mol. The number of hydrogen-bond acceptors (Lipinski definition) is 7. The maximum Gasteiger partial charge on any atom is 0.410 e. The number of likely N-dealkylation sites (tertiary alicyclic amines) is 1. The second-order valence-electron chi connectivity index (χ2n) is 7.75. The Balaban J connectivity index is 1.50. The first-order valence-electron chi connectivity index (χ1n) is 9.79. The maximum atomic E-state index is 12.0. The number of carbonyl (C=O) groups is 1. The third kappa shape index (κ3) is 8.66. The van der Waals surface area contributed by atoms with Crippen LogP contribution in [0.15, 0.2) is 24.3 Å². The molecule has 1 saturated heterocycles. The van der Waals surface area contributed by atoms with Gasteiger partial charge in [0.15, 0.2) is 0 Å². The van der Waals surface area contributed by atoms with Crippen molar-refractivity contribution in [1.29, 1.82) is 0 Å². The maximum absolute atomic E-state index is 12.0. The van der Waals surface area contributed by atoms with E-state index in [1.807, 2.05) is 20.8 Å². The van der Waals surface area contributed by atoms with E-state index in [4.69, 9.17) is 18.9 Å². The molecule has 1 amide bonds. The van der Waals surface area contributed by atoms with Crippen molar-refractivity contribution in [3.63, 3.8) is 0 Å². The van der Waals surface area contributed by atoms with E-state index in [-0.39, 0.29) is 17.9 Å². The Labute approximate surface area is 171 Å². The molecule has 1 aromatic rings. The summed E-state index contributed by atoms with van der Waals surface area (Å²) in [5.41, 5.74) is -0.452. The normalized spacial score (nSPS) is 15.2. The van der Waals surface area contributed by atoms with Gasteiger partial charge in [-0.15, -0.1) is 0 Å². The van der Waals surface area contributed by atoms with Gasteiger partial charge in [-0.25, -0.2) is 4.79 Å². The second-order valence-corrected chi connectivity index (χ2v) is 7.75. The van der Waals surface area contributed by atoms with E-state index in [0.29, 0.717) is 45.3 Å². The van der Waals surface area contributed by atoms with Crippen LogP contribution in [0.5, 0.6) is 5.75 Å². The Morgan fingerprint density at radius 2 is 1.72 bits per heavy atom. The highest BCUT2D eigenvalue weighted by Gasteiger charge is 2.27. The third-order valence-corrected chi connectivity index (χ3v) is 4.22. The highest BCUT2D eigenvalue weighted by atomic mass is 16.6. The standard InChI is InChI=1S/C20H30N2O7/c1-20(2,3)29-19(23)21-10-8-18(9-11-21)28-15-13-26-12-14-27-17-6-4-16(5-7-17)22(24)25/h4-7,18H,8-15H2,1-3H3. The summed E-state index contributed by atoms with van der Waals surface area (Å²) >= 11 is 0. The second kappa shape index (κ2) is 11.0. The minimum absolute atomic E-state index is 0.0303. The molecule has 0 unspecified atom stereocenters. The summed E-state index contributed by atoms with van der Waals surface area (Å²) in [4.78, 5) is 23.9. The zero-order chi connectivity index (χ0) is 21.3. The van der Waals surface area contributed by atoms with E-state index in [1.165, 1.54) is 12.1 Å². The first-order chi connectivity index (χ1) is 13.7. The number of carbonyl (C=O) groups excluding carboxylic acids is 1. The van der Waals surface area contributed by atoms with E-state index in [1.54, 1.807) is 17.0 Å². The Hall–Kier alpha value is -2.39. The van der Waals surface area contributed by atoms with Crippen molar-refractivity contribution >= 4 is 11.8 Å². The van der Waals surface area contributed by atoms with E-state index < -0.39 is 10.5 Å². The molecule has 9 heteroatoms. The van der Waals surface area contributed by atoms with Gasteiger partial charge >= 0.3 is 6.09 Å². The Morgan fingerprint density at radius 1 is 1.10 bits per heavy atom. The van der Waals surface area contributed by atoms with Crippen LogP contribution in [0, 0.1) is 10.1 Å². The lowest BCUT2D eigenvalue weighted by Gasteiger charge is -2.33. The van der Waals surface area contributed by atoms with Gasteiger partial charge in [-0.05, 0) is 45.7 Å². The molecule has 0 radical (unpaired) electrons. The fourth-order valence-corrected chi connectivity index (χ4v) is 2.79. The monoisotopic (exact) mass is 410 g/mol. The summed E-state index contributed by atoms with van der Waals surface area (Å²) in [6.07, 6.45) is 1.41. The van der Waals surface area contributed by atoms with Crippen molar-refractivity contribution in [3.05, 3.63) is 34.4 Å². The minimum atomic E-state index is -0.482. The lowest BCUT2D eigenvalue weighted by molar-refractivity contribution is -0.384. The van der Waals surface area contributed by atoms with Crippen LogP contribution >= 0.6 is 0 Å². The molecular formula is C20H30N2O7. The fraction of sp³-hybridized carbons (Fsp3) is 0.650. The van der Waals surface area contributed by atoms with Gasteiger partial charge in [0.25, 0.3) is 5.69 Å². The first-order valence-corrected chi connectivity index (χ1v) is 9.79. The molecule has 1 aliphatic rings. The molecule has 0 aliphatic carbocycles. The van der Waals surface area contributed by atoms with Gasteiger partial charge in [0.05, 0.1) is 30.8 Å². The van der Waals surface area contributed by atoms with Crippen molar-refractivity contribution in [2.24, 2.45) is 0 Å². The highest BCUT2D eigenvalue weighted by Crippen LogP contribution is 2.18. The minimum Gasteiger partial charge on any atom is -0.491 e. The zero-order valence-electron chi connectivity index (χ0n) is 17.3. The molecule has 0 N–H and O–H groups in total. The van der Waals surface area contributed by atoms with E-state index >= 15 is 0 Å². The lowest BCUT2D eigenvalue weighted by atomic mass is 10.1. The number of nitrogens with zero attached hydrogens (tertiary/aromatic N) is 2. The molecule has 9 nitrogen and oxygen atoms in total. The number of nitro groups is 1. The molecule has 1 aromatic carbocycles. The van der Waals surface area contributed by atoms with Crippen molar-refractivity contribution in [2.75, 3.05) is 39.5 Å². The summed E-state index contributed by atoms with van der Waals surface area (Å²) in [5, 5.41) is 10.6. The van der Waals surface area contributed by atoms with Crippen molar-refractivity contribution in [2.45, 2.75) is 45.3 Å². The van der Waals surface area contributed by atoms with Gasteiger partial charge in [-0.1, -0.05) is 0 Å². The zero-order valence-corrected chi connectivity index (χ0v) is 17.3. The average Bonchev–Trinajstić information content (AvgIpc) is 2.66. The van der Waals surface area contributed by atoms with Crippen molar-refractivity contribution in [3.8, 4) is 5.75 Å². The molecule has 0 saturated carbocycles. The van der Waals surface area contributed by atoms with Gasteiger partial charge in [0.1, 0.15) is 18.0 Å². The number of hydrogen-bond donors (Lipinski definition) is 0. The van der Waals surface area contributed by atoms with Crippen LogP contribution in [0.3, 0.4) is 0 Å². The van der Waals surface area contributed by atoms with Crippen LogP contribution in [-0.4, -0.2) is 67.1 Å². The quantitative estimate of drug-likeness (QED) is 0.349. The molecule has 2 rings (SSSR count). The van der Waals surface area contributed by atoms with Crippen LogP contribution in [0.4, 0.5) is 10.5 Å². The Kier molecular flexibility index (Phi) is 8.66. The molecule has 0 bridgehead atoms. The number of piperidine rings is 1. The van der Waals surface area contributed by atoms with Crippen LogP contribution < -0.4 is 4.74 Å². The molecule has 1 heterocycles. The van der Waals surface area contributed by atoms with Crippen LogP contribution in [0.1, 0.15) is 33.6 Å². The summed E-state index contributed by atoms with van der Waals surface area (Å²) in [5.74, 6) is 0.562. The molecular weight excluding hydrogens is 380 g/mol. The topological polar surface area (TPSA) is 100 Å².